The first-order valence-corrected chi connectivity index (χ1v) is 25.2. The van der Waals surface area contributed by atoms with Gasteiger partial charge in [-0.25, -0.2) is 9.97 Å². The van der Waals surface area contributed by atoms with Crippen molar-refractivity contribution in [1.82, 2.24) is 19.9 Å². The molecule has 366 valence electrons. The summed E-state index contributed by atoms with van der Waals surface area (Å²) in [4.78, 5) is 22.3. The molecule has 9 rings (SSSR count). The van der Waals surface area contributed by atoms with Crippen LogP contribution in [0.4, 0.5) is 0 Å². The van der Waals surface area contributed by atoms with Gasteiger partial charge in [0.15, 0.2) is 0 Å². The van der Waals surface area contributed by atoms with Crippen LogP contribution < -0.4 is 20.9 Å². The van der Waals surface area contributed by atoms with Crippen molar-refractivity contribution in [3.63, 3.8) is 0 Å². The molecule has 0 aliphatic carbocycles. The van der Waals surface area contributed by atoms with Crippen LogP contribution in [0.5, 0.6) is 0 Å². The van der Waals surface area contributed by atoms with Crippen molar-refractivity contribution < 1.29 is 38.1 Å². The monoisotopic (exact) mass is 1000 g/mol. The van der Waals surface area contributed by atoms with Crippen LogP contribution in [0.3, 0.4) is 0 Å². The van der Waals surface area contributed by atoms with Crippen LogP contribution in [0, 0.1) is 0 Å². The van der Waals surface area contributed by atoms with Gasteiger partial charge in [-0.15, -0.1) is 22.1 Å². The van der Waals surface area contributed by atoms with E-state index in [2.05, 4.69) is 211 Å². The predicted octanol–water partition coefficient (Wildman–Crippen LogP) is 13.0. The quantitative estimate of drug-likeness (QED) is 0.161. The molecule has 2 saturated heterocycles. The Morgan fingerprint density at radius 1 is 0.380 bits per heavy atom. The topological polar surface area (TPSA) is 90.9 Å². The molecule has 71 heavy (non-hydrogen) atoms. The van der Waals surface area contributed by atoms with Gasteiger partial charge in [-0.1, -0.05) is 144 Å². The molecule has 0 saturated carbocycles. The van der Waals surface area contributed by atoms with Gasteiger partial charge in [-0.05, 0) is 157 Å². The third kappa shape index (κ3) is 9.69. The molecule has 5 aromatic rings. The van der Waals surface area contributed by atoms with Crippen LogP contribution in [0.15, 0.2) is 60.7 Å². The van der Waals surface area contributed by atoms with E-state index in [-0.39, 0.29) is 41.1 Å². The van der Waals surface area contributed by atoms with Crippen LogP contribution in [-0.2, 0) is 59.8 Å². The SMILES string of the molecule is CC(C)(C)c1cc(-c2c3nc(c(-c4cc(C(C)(C)C)cc(C(C)(C)C)c4)c4ccc([n-]4)c(B4OC(C)(C)C(C)(C)O4)c4nc(c(B5OC(C)(C)C(C)(C)O5)c5ccc2[n-]5)C=C4)C=C3)cc(C(C)(C)C)c1.[Zn+2]. The van der Waals surface area contributed by atoms with Gasteiger partial charge in [0, 0.05) is 0 Å². The number of fused-ring (bicyclic) bond motifs is 8. The molecular formula is C60H74B2N4O4Zn. The van der Waals surface area contributed by atoms with E-state index in [4.69, 9.17) is 38.6 Å². The summed E-state index contributed by atoms with van der Waals surface area (Å²) >= 11 is 0. The fourth-order valence-electron chi connectivity index (χ4n) is 9.40. The molecule has 4 aliphatic rings. The average Bonchev–Trinajstić information content (AvgIpc) is 4.09. The van der Waals surface area contributed by atoms with Gasteiger partial charge in [-0.3, -0.25) is 0 Å². The van der Waals surface area contributed by atoms with Gasteiger partial charge >= 0.3 is 33.7 Å². The van der Waals surface area contributed by atoms with E-state index in [1.165, 1.54) is 22.3 Å². The van der Waals surface area contributed by atoms with Crippen LogP contribution in [0.25, 0.3) is 68.6 Å². The van der Waals surface area contributed by atoms with E-state index in [0.717, 1.165) is 55.6 Å². The van der Waals surface area contributed by atoms with E-state index in [9.17, 15) is 0 Å². The summed E-state index contributed by atoms with van der Waals surface area (Å²) in [5.41, 5.74) is 13.5. The summed E-state index contributed by atoms with van der Waals surface area (Å²) < 4.78 is 27.5. The Hall–Kier alpha value is -4.37. The van der Waals surface area contributed by atoms with Crippen molar-refractivity contribution in [3.8, 4) is 22.3 Å². The van der Waals surface area contributed by atoms with E-state index in [0.29, 0.717) is 22.4 Å². The number of hydrogen-bond donors (Lipinski definition) is 0. The maximum absolute atomic E-state index is 6.87. The normalized spacial score (nSPS) is 18.4. The molecule has 0 N–H and O–H groups in total. The van der Waals surface area contributed by atoms with Gasteiger partial charge in [0.25, 0.3) is 0 Å². The smallest absolute Gasteiger partial charge is 0.658 e. The summed E-state index contributed by atoms with van der Waals surface area (Å²) in [6, 6.07) is 22.5. The first kappa shape index (κ1) is 52.9. The average molecular weight is 1000 g/mol. The van der Waals surface area contributed by atoms with Gasteiger partial charge < -0.3 is 28.6 Å². The number of rotatable bonds is 4. The van der Waals surface area contributed by atoms with Crippen LogP contribution in [0.1, 0.15) is 184 Å². The van der Waals surface area contributed by atoms with E-state index in [1.54, 1.807) is 0 Å². The summed E-state index contributed by atoms with van der Waals surface area (Å²) in [5, 5.41) is 0. The number of hydrogen-bond acceptors (Lipinski definition) is 6. The number of benzene rings is 2. The molecule has 2 fully saturated rings. The van der Waals surface area contributed by atoms with Crippen molar-refractivity contribution in [2.45, 2.75) is 183 Å². The Morgan fingerprint density at radius 2 is 0.634 bits per heavy atom. The molecule has 0 radical (unpaired) electrons. The minimum atomic E-state index is -0.763. The van der Waals surface area contributed by atoms with Crippen molar-refractivity contribution in [1.29, 1.82) is 0 Å². The Morgan fingerprint density at radius 3 is 0.915 bits per heavy atom. The van der Waals surface area contributed by atoms with Crippen molar-refractivity contribution in [3.05, 3.63) is 106 Å². The Labute approximate surface area is 437 Å². The van der Waals surface area contributed by atoms with Crippen molar-refractivity contribution in [2.24, 2.45) is 0 Å². The summed E-state index contributed by atoms with van der Waals surface area (Å²) in [7, 11) is -1.53. The third-order valence-electron chi connectivity index (χ3n) is 15.6. The molecule has 0 spiro atoms. The second-order valence-electron chi connectivity index (χ2n) is 26.2. The molecule has 4 aliphatic heterocycles. The van der Waals surface area contributed by atoms with Crippen molar-refractivity contribution >= 4 is 71.5 Å². The molecule has 3 aromatic heterocycles. The first-order valence-electron chi connectivity index (χ1n) is 25.2. The van der Waals surface area contributed by atoms with Crippen LogP contribution >= 0.6 is 0 Å². The van der Waals surface area contributed by atoms with E-state index in [1.807, 2.05) is 12.2 Å². The molecule has 0 unspecified atom stereocenters. The molecular weight excluding hydrogens is 928 g/mol. The molecule has 8 nitrogen and oxygen atoms in total. The maximum atomic E-state index is 6.87. The fourth-order valence-corrected chi connectivity index (χ4v) is 9.40. The van der Waals surface area contributed by atoms with Crippen LogP contribution in [-0.4, -0.2) is 46.6 Å². The van der Waals surface area contributed by atoms with Gasteiger partial charge in [-0.2, -0.15) is 0 Å². The van der Waals surface area contributed by atoms with Crippen molar-refractivity contribution in [2.75, 3.05) is 0 Å². The zero-order chi connectivity index (χ0) is 51.1. The minimum absolute atomic E-state index is 0. The number of aromatic nitrogens is 4. The van der Waals surface area contributed by atoms with Gasteiger partial charge in [0.1, 0.15) is 0 Å². The standard InChI is InChI=1S/C60H74B2N4O4.Zn/c1-53(2,3)37-29-35(30-38(33-37)54(4,5)6)49-41-21-22-42(63-41)50(36-31-39(55(7,8)9)34-40(32-36)56(10,11)12)44-24-26-46(65-44)52(62-69-59(17,18)60(19,20)70-62)48-28-27-47(66-48)51(45-25-23-43(49)64-45)61-67-57(13,14)58(15,16)68-61;/h21-34H,1-20H3;/q-2;+2. The number of nitrogens with zero attached hydrogens (tertiary/aromatic N) is 4. The third-order valence-corrected chi connectivity index (χ3v) is 15.6. The summed E-state index contributed by atoms with van der Waals surface area (Å²) in [6.07, 6.45) is 8.40. The molecule has 0 atom stereocenters. The summed E-state index contributed by atoms with van der Waals surface area (Å²) in [6.45, 7) is 44.0. The summed E-state index contributed by atoms with van der Waals surface area (Å²) in [5.74, 6) is 0. The molecule has 2 aromatic carbocycles. The zero-order valence-corrected chi connectivity index (χ0v) is 49.3. The van der Waals surface area contributed by atoms with Crippen LogP contribution in [0.2, 0.25) is 0 Å². The van der Waals surface area contributed by atoms with Gasteiger partial charge in [0.05, 0.1) is 45.2 Å². The first-order chi connectivity index (χ1) is 32.1. The Kier molecular flexibility index (Phi) is 13.0. The molecule has 7 heterocycles. The molecule has 0 amide bonds. The molecule has 11 heteroatoms. The second kappa shape index (κ2) is 17.4. The Balaban J connectivity index is 0.00000676. The zero-order valence-electron chi connectivity index (χ0n) is 46.4. The minimum Gasteiger partial charge on any atom is -0.658 e. The maximum Gasteiger partial charge on any atom is 2.00 e. The molecule has 8 bridgehead atoms. The van der Waals surface area contributed by atoms with E-state index < -0.39 is 36.6 Å². The predicted molar refractivity (Wildman–Crippen MR) is 294 cm³/mol. The van der Waals surface area contributed by atoms with Gasteiger partial charge in [0.2, 0.25) is 0 Å². The largest absolute Gasteiger partial charge is 2.00 e. The van der Waals surface area contributed by atoms with E-state index >= 15 is 0 Å². The second-order valence-corrected chi connectivity index (χ2v) is 26.2. The Bertz CT molecular complexity index is 2880. The fraction of sp³-hybridized carbons (Fsp3) is 0.467.